The van der Waals surface area contributed by atoms with Gasteiger partial charge in [-0.2, -0.15) is 0 Å². The highest BCUT2D eigenvalue weighted by molar-refractivity contribution is 5.66. The predicted octanol–water partition coefficient (Wildman–Crippen LogP) is 2.75. The summed E-state index contributed by atoms with van der Waals surface area (Å²) in [6, 6.07) is 0. The van der Waals surface area contributed by atoms with Crippen molar-refractivity contribution in [3.63, 3.8) is 0 Å². The Morgan fingerprint density at radius 1 is 1.31 bits per heavy atom. The zero-order valence-electron chi connectivity index (χ0n) is 10.5. The highest BCUT2D eigenvalue weighted by atomic mass is 16.4. The van der Waals surface area contributed by atoms with Crippen LogP contribution in [-0.4, -0.2) is 35.6 Å². The molecule has 0 spiro atoms. The maximum atomic E-state index is 10.4. The Balaban J connectivity index is 2.05. The van der Waals surface area contributed by atoms with Crippen LogP contribution >= 0.6 is 0 Å². The lowest BCUT2D eigenvalue weighted by Crippen LogP contribution is -2.34. The van der Waals surface area contributed by atoms with Gasteiger partial charge in [-0.25, -0.2) is 0 Å². The molecule has 1 rings (SSSR count). The number of nitrogens with zero attached hydrogens (tertiary/aromatic N) is 1. The molecule has 3 nitrogen and oxygen atoms in total. The zero-order chi connectivity index (χ0) is 11.8. The van der Waals surface area contributed by atoms with Crippen LogP contribution < -0.4 is 0 Å². The SMILES string of the molecule is CCCCC1CCN(CCCC(=O)O)CC1. The summed E-state index contributed by atoms with van der Waals surface area (Å²) in [7, 11) is 0. The van der Waals surface area contributed by atoms with Gasteiger partial charge in [0.1, 0.15) is 0 Å². The fourth-order valence-electron chi connectivity index (χ4n) is 2.45. The van der Waals surface area contributed by atoms with Gasteiger partial charge < -0.3 is 10.0 Å². The molecule has 0 radical (unpaired) electrons. The van der Waals surface area contributed by atoms with Gasteiger partial charge in [0.25, 0.3) is 0 Å². The molecule has 1 saturated heterocycles. The number of carbonyl (C=O) groups is 1. The Bertz CT molecular complexity index is 198. The van der Waals surface area contributed by atoms with Crippen molar-refractivity contribution in [1.82, 2.24) is 4.90 Å². The molecule has 1 heterocycles. The van der Waals surface area contributed by atoms with Gasteiger partial charge in [0.15, 0.2) is 0 Å². The molecule has 0 amide bonds. The van der Waals surface area contributed by atoms with E-state index in [1.54, 1.807) is 0 Å². The summed E-state index contributed by atoms with van der Waals surface area (Å²) in [6.45, 7) is 5.57. The minimum absolute atomic E-state index is 0.315. The lowest BCUT2D eigenvalue weighted by atomic mass is 9.91. The number of likely N-dealkylation sites (tertiary alicyclic amines) is 1. The van der Waals surface area contributed by atoms with Crippen molar-refractivity contribution in [1.29, 1.82) is 0 Å². The first-order valence-corrected chi connectivity index (χ1v) is 6.66. The van der Waals surface area contributed by atoms with E-state index < -0.39 is 5.97 Å². The van der Waals surface area contributed by atoms with Crippen molar-refractivity contribution in [3.05, 3.63) is 0 Å². The second-order valence-electron chi connectivity index (χ2n) is 4.92. The monoisotopic (exact) mass is 227 g/mol. The topological polar surface area (TPSA) is 40.5 Å². The molecule has 94 valence electrons. The molecule has 0 saturated carbocycles. The molecule has 0 atom stereocenters. The summed E-state index contributed by atoms with van der Waals surface area (Å²) >= 11 is 0. The van der Waals surface area contributed by atoms with Crippen molar-refractivity contribution < 1.29 is 9.90 Å². The Labute approximate surface area is 98.8 Å². The second kappa shape index (κ2) is 7.66. The number of carboxylic acid groups (broad SMARTS) is 1. The highest BCUT2D eigenvalue weighted by Gasteiger charge is 2.18. The predicted molar refractivity (Wildman–Crippen MR) is 65.6 cm³/mol. The van der Waals surface area contributed by atoms with Gasteiger partial charge in [-0.05, 0) is 44.8 Å². The van der Waals surface area contributed by atoms with E-state index in [4.69, 9.17) is 5.11 Å². The second-order valence-corrected chi connectivity index (χ2v) is 4.92. The van der Waals surface area contributed by atoms with Crippen molar-refractivity contribution in [2.45, 2.75) is 51.9 Å². The summed E-state index contributed by atoms with van der Waals surface area (Å²) in [5.41, 5.74) is 0. The van der Waals surface area contributed by atoms with Crippen molar-refractivity contribution in [2.24, 2.45) is 5.92 Å². The van der Waals surface area contributed by atoms with Crippen LogP contribution in [0.15, 0.2) is 0 Å². The van der Waals surface area contributed by atoms with E-state index in [0.717, 1.165) is 18.9 Å². The van der Waals surface area contributed by atoms with Crippen molar-refractivity contribution >= 4 is 5.97 Å². The van der Waals surface area contributed by atoms with Crippen LogP contribution in [0.1, 0.15) is 51.9 Å². The lowest BCUT2D eigenvalue weighted by molar-refractivity contribution is -0.137. The first kappa shape index (κ1) is 13.5. The standard InChI is InChI=1S/C13H25NO2/c1-2-3-5-12-7-10-14(11-8-12)9-4-6-13(15)16/h12H,2-11H2,1H3,(H,15,16). The van der Waals surface area contributed by atoms with E-state index in [9.17, 15) is 4.79 Å². The van der Waals surface area contributed by atoms with Crippen LogP contribution in [0.4, 0.5) is 0 Å². The number of rotatable bonds is 7. The summed E-state index contributed by atoms with van der Waals surface area (Å²) in [5.74, 6) is 0.258. The molecule has 16 heavy (non-hydrogen) atoms. The first-order valence-electron chi connectivity index (χ1n) is 6.66. The third kappa shape index (κ3) is 5.50. The normalized spacial score (nSPS) is 18.8. The maximum absolute atomic E-state index is 10.4. The van der Waals surface area contributed by atoms with E-state index in [1.165, 1.54) is 45.2 Å². The van der Waals surface area contributed by atoms with Crippen LogP contribution in [0.5, 0.6) is 0 Å². The first-order chi connectivity index (χ1) is 7.72. The molecule has 0 unspecified atom stereocenters. The van der Waals surface area contributed by atoms with E-state index in [1.807, 2.05) is 0 Å². The maximum Gasteiger partial charge on any atom is 0.303 e. The number of aliphatic carboxylic acids is 1. The molecule has 1 aliphatic heterocycles. The third-order valence-electron chi connectivity index (χ3n) is 3.54. The van der Waals surface area contributed by atoms with E-state index in [2.05, 4.69) is 11.8 Å². The van der Waals surface area contributed by atoms with Gasteiger partial charge >= 0.3 is 5.97 Å². The van der Waals surface area contributed by atoms with Crippen LogP contribution in [0.2, 0.25) is 0 Å². The molecule has 0 aliphatic carbocycles. The van der Waals surface area contributed by atoms with Crippen LogP contribution in [0.25, 0.3) is 0 Å². The van der Waals surface area contributed by atoms with Gasteiger partial charge in [-0.1, -0.05) is 26.2 Å². The Kier molecular flexibility index (Phi) is 6.46. The van der Waals surface area contributed by atoms with Gasteiger partial charge in [-0.3, -0.25) is 4.79 Å². The molecule has 0 aromatic carbocycles. The van der Waals surface area contributed by atoms with E-state index >= 15 is 0 Å². The molecule has 3 heteroatoms. The molecular weight excluding hydrogens is 202 g/mol. The Hall–Kier alpha value is -0.570. The smallest absolute Gasteiger partial charge is 0.303 e. The average molecular weight is 227 g/mol. The van der Waals surface area contributed by atoms with Gasteiger partial charge in [0, 0.05) is 6.42 Å². The van der Waals surface area contributed by atoms with Crippen LogP contribution in [-0.2, 0) is 4.79 Å². The lowest BCUT2D eigenvalue weighted by Gasteiger charge is -2.31. The number of hydrogen-bond donors (Lipinski definition) is 1. The summed E-state index contributed by atoms with van der Waals surface area (Å²) in [6.07, 6.45) is 7.80. The van der Waals surface area contributed by atoms with E-state index in [-0.39, 0.29) is 0 Å². The fraction of sp³-hybridized carbons (Fsp3) is 0.923. The van der Waals surface area contributed by atoms with Crippen LogP contribution in [0.3, 0.4) is 0 Å². The molecule has 0 aromatic heterocycles. The number of unbranched alkanes of at least 4 members (excludes halogenated alkanes) is 1. The number of piperidine rings is 1. The number of hydrogen-bond acceptors (Lipinski definition) is 2. The summed E-state index contributed by atoms with van der Waals surface area (Å²) in [4.78, 5) is 12.8. The molecule has 1 fully saturated rings. The summed E-state index contributed by atoms with van der Waals surface area (Å²) in [5, 5.41) is 8.56. The highest BCUT2D eigenvalue weighted by Crippen LogP contribution is 2.22. The minimum Gasteiger partial charge on any atom is -0.481 e. The molecule has 0 aromatic rings. The quantitative estimate of drug-likeness (QED) is 0.727. The zero-order valence-corrected chi connectivity index (χ0v) is 10.5. The Morgan fingerprint density at radius 3 is 2.56 bits per heavy atom. The van der Waals surface area contributed by atoms with Gasteiger partial charge in [0.2, 0.25) is 0 Å². The Morgan fingerprint density at radius 2 is 2.00 bits per heavy atom. The third-order valence-corrected chi connectivity index (χ3v) is 3.54. The van der Waals surface area contributed by atoms with Gasteiger partial charge in [-0.15, -0.1) is 0 Å². The largest absolute Gasteiger partial charge is 0.481 e. The van der Waals surface area contributed by atoms with Crippen molar-refractivity contribution in [3.8, 4) is 0 Å². The molecule has 1 N–H and O–H groups in total. The molecular formula is C13H25NO2. The average Bonchev–Trinajstić information content (AvgIpc) is 2.27. The molecule has 0 bridgehead atoms. The number of carboxylic acids is 1. The van der Waals surface area contributed by atoms with Gasteiger partial charge in [0.05, 0.1) is 0 Å². The van der Waals surface area contributed by atoms with Crippen LogP contribution in [0, 0.1) is 5.92 Å². The van der Waals surface area contributed by atoms with E-state index in [0.29, 0.717) is 6.42 Å². The minimum atomic E-state index is -0.669. The van der Waals surface area contributed by atoms with Crippen molar-refractivity contribution in [2.75, 3.05) is 19.6 Å². The molecule has 1 aliphatic rings. The fourth-order valence-corrected chi connectivity index (χ4v) is 2.45. The summed E-state index contributed by atoms with van der Waals surface area (Å²) < 4.78 is 0.